The van der Waals surface area contributed by atoms with Crippen molar-refractivity contribution in [2.24, 2.45) is 0 Å². The Morgan fingerprint density at radius 2 is 1.73 bits per heavy atom. The third-order valence-corrected chi connectivity index (χ3v) is 6.23. The molecule has 33 heavy (non-hydrogen) atoms. The molecular weight excluding hydrogens is 432 g/mol. The van der Waals surface area contributed by atoms with E-state index in [-0.39, 0.29) is 5.56 Å². The van der Waals surface area contributed by atoms with Gasteiger partial charge in [0.2, 0.25) is 0 Å². The predicted molar refractivity (Wildman–Crippen MR) is 134 cm³/mol. The van der Waals surface area contributed by atoms with Crippen LogP contribution in [0.3, 0.4) is 0 Å². The second-order valence-electron chi connectivity index (χ2n) is 7.64. The second-order valence-corrected chi connectivity index (χ2v) is 8.50. The Labute approximate surface area is 195 Å². The lowest BCUT2D eigenvalue weighted by molar-refractivity contribution is 0.414. The minimum absolute atomic E-state index is 0.109. The summed E-state index contributed by atoms with van der Waals surface area (Å²) in [5.41, 5.74) is 4.50. The van der Waals surface area contributed by atoms with Crippen LogP contribution in [0.1, 0.15) is 11.4 Å². The molecule has 0 saturated heterocycles. The fourth-order valence-corrected chi connectivity index (χ4v) is 4.38. The van der Waals surface area contributed by atoms with E-state index in [4.69, 9.17) is 14.7 Å². The highest BCUT2D eigenvalue weighted by Gasteiger charge is 2.14. The van der Waals surface area contributed by atoms with Crippen LogP contribution in [0.2, 0.25) is 0 Å². The van der Waals surface area contributed by atoms with Gasteiger partial charge in [0, 0.05) is 10.9 Å². The fraction of sp³-hybridized carbons (Fsp3) is 0.115. The van der Waals surface area contributed by atoms with Crippen molar-refractivity contribution in [2.45, 2.75) is 13.5 Å². The summed E-state index contributed by atoms with van der Waals surface area (Å²) in [5, 5.41) is 6.72. The molecule has 164 valence electrons. The number of rotatable bonds is 6. The average molecular weight is 455 g/mol. The zero-order valence-electron chi connectivity index (χ0n) is 18.3. The molecule has 6 nitrogen and oxygen atoms in total. The predicted octanol–water partition coefficient (Wildman–Crippen LogP) is 5.44. The number of methoxy groups -OCH3 is 1. The summed E-state index contributed by atoms with van der Waals surface area (Å²) in [4.78, 5) is 22.9. The van der Waals surface area contributed by atoms with E-state index in [1.165, 1.54) is 16.9 Å². The molecule has 0 spiro atoms. The van der Waals surface area contributed by atoms with Crippen LogP contribution in [-0.4, -0.2) is 21.6 Å². The minimum atomic E-state index is -0.109. The van der Waals surface area contributed by atoms with Crippen LogP contribution in [0.5, 0.6) is 5.75 Å². The third-order valence-electron chi connectivity index (χ3n) is 5.43. The minimum Gasteiger partial charge on any atom is -0.497 e. The van der Waals surface area contributed by atoms with Gasteiger partial charge < -0.3 is 10.1 Å². The first kappa shape index (κ1) is 20.9. The highest BCUT2D eigenvalue weighted by Crippen LogP contribution is 2.26. The van der Waals surface area contributed by atoms with Crippen LogP contribution >= 0.6 is 11.3 Å². The quantitative estimate of drug-likeness (QED) is 0.370. The number of aromatic nitrogens is 3. The summed E-state index contributed by atoms with van der Waals surface area (Å²) < 4.78 is 6.91. The first-order valence-corrected chi connectivity index (χ1v) is 11.4. The molecular formula is C26H22N4O2S. The molecule has 0 aliphatic heterocycles. The number of aryl methyl sites for hydroxylation is 1. The monoisotopic (exact) mass is 454 g/mol. The highest BCUT2D eigenvalue weighted by molar-refractivity contribution is 7.14. The van der Waals surface area contributed by atoms with E-state index in [9.17, 15) is 4.79 Å². The number of para-hydroxylation sites is 1. The van der Waals surface area contributed by atoms with Gasteiger partial charge in [-0.05, 0) is 43.3 Å². The van der Waals surface area contributed by atoms with E-state index in [2.05, 4.69) is 36.5 Å². The lowest BCUT2D eigenvalue weighted by atomic mass is 10.1. The number of nitrogens with zero attached hydrogens (tertiary/aromatic N) is 3. The zero-order chi connectivity index (χ0) is 22.8. The molecule has 2 heterocycles. The smallest absolute Gasteiger partial charge is 0.266 e. The molecule has 0 bridgehead atoms. The van der Waals surface area contributed by atoms with Gasteiger partial charge in [-0.1, -0.05) is 42.0 Å². The number of anilines is 1. The Hall–Kier alpha value is -3.97. The molecule has 7 heteroatoms. The van der Waals surface area contributed by atoms with Crippen molar-refractivity contribution in [1.82, 2.24) is 14.5 Å². The fourth-order valence-electron chi connectivity index (χ4n) is 3.66. The van der Waals surface area contributed by atoms with Crippen molar-refractivity contribution in [3.8, 4) is 22.7 Å². The summed E-state index contributed by atoms with van der Waals surface area (Å²) in [6, 6.07) is 23.1. The van der Waals surface area contributed by atoms with Crippen molar-refractivity contribution in [2.75, 3.05) is 12.4 Å². The van der Waals surface area contributed by atoms with Crippen molar-refractivity contribution in [3.05, 3.63) is 99.9 Å². The Morgan fingerprint density at radius 1 is 0.970 bits per heavy atom. The number of nitrogens with one attached hydrogen (secondary N) is 1. The Morgan fingerprint density at radius 3 is 2.48 bits per heavy atom. The van der Waals surface area contributed by atoms with Gasteiger partial charge in [0.15, 0.2) is 5.13 Å². The van der Waals surface area contributed by atoms with Crippen LogP contribution in [0, 0.1) is 6.92 Å². The summed E-state index contributed by atoms with van der Waals surface area (Å²) in [7, 11) is 1.62. The molecule has 5 aromatic rings. The molecule has 5 rings (SSSR count). The molecule has 0 aliphatic rings. The normalized spacial score (nSPS) is 11.0. The summed E-state index contributed by atoms with van der Waals surface area (Å²) in [6.45, 7) is 2.42. The Bertz CT molecular complexity index is 1470. The molecule has 3 aromatic carbocycles. The maximum atomic E-state index is 13.4. The first-order valence-electron chi connectivity index (χ1n) is 10.5. The average Bonchev–Trinajstić information content (AvgIpc) is 3.32. The van der Waals surface area contributed by atoms with Gasteiger partial charge in [-0.3, -0.25) is 9.36 Å². The van der Waals surface area contributed by atoms with E-state index in [1.807, 2.05) is 47.8 Å². The Balaban J connectivity index is 1.49. The second kappa shape index (κ2) is 8.88. The van der Waals surface area contributed by atoms with Crippen LogP contribution in [0.25, 0.3) is 27.8 Å². The number of fused-ring (bicyclic) bond motifs is 1. The van der Waals surface area contributed by atoms with Gasteiger partial charge in [-0.15, -0.1) is 11.3 Å². The van der Waals surface area contributed by atoms with Crippen LogP contribution < -0.4 is 15.6 Å². The lowest BCUT2D eigenvalue weighted by Crippen LogP contribution is -2.25. The molecule has 1 N–H and O–H groups in total. The molecule has 2 aromatic heterocycles. The molecule has 0 atom stereocenters. The van der Waals surface area contributed by atoms with Crippen LogP contribution in [0.4, 0.5) is 5.13 Å². The van der Waals surface area contributed by atoms with Crippen LogP contribution in [0.15, 0.2) is 83.0 Å². The van der Waals surface area contributed by atoms with Crippen LogP contribution in [-0.2, 0) is 6.54 Å². The third kappa shape index (κ3) is 4.23. The van der Waals surface area contributed by atoms with Crippen molar-refractivity contribution >= 4 is 27.4 Å². The van der Waals surface area contributed by atoms with E-state index >= 15 is 0 Å². The maximum Gasteiger partial charge on any atom is 0.266 e. The van der Waals surface area contributed by atoms with Gasteiger partial charge in [0.1, 0.15) is 11.6 Å². The van der Waals surface area contributed by atoms with E-state index < -0.39 is 0 Å². The standard InChI is InChI=1S/C26H22N4O2S/c1-17-7-9-18(10-8-17)23-16-33-26(29-23)27-15-24-28-22-6-4-3-5-21(22)25(31)30(24)19-11-13-20(32-2)14-12-19/h3-14,16H,15H2,1-2H3,(H,27,29). The number of benzene rings is 3. The van der Waals surface area contributed by atoms with Gasteiger partial charge in [0.25, 0.3) is 5.56 Å². The molecule has 0 aliphatic carbocycles. The van der Waals surface area contributed by atoms with Gasteiger partial charge in [-0.2, -0.15) is 0 Å². The maximum absolute atomic E-state index is 13.4. The van der Waals surface area contributed by atoms with Gasteiger partial charge in [-0.25, -0.2) is 9.97 Å². The van der Waals surface area contributed by atoms with Crippen molar-refractivity contribution < 1.29 is 4.74 Å². The number of thiazole rings is 1. The summed E-state index contributed by atoms with van der Waals surface area (Å²) in [5.74, 6) is 1.34. The van der Waals surface area contributed by atoms with E-state index in [0.29, 0.717) is 23.3 Å². The summed E-state index contributed by atoms with van der Waals surface area (Å²) in [6.07, 6.45) is 0. The lowest BCUT2D eigenvalue weighted by Gasteiger charge is -2.14. The van der Waals surface area contributed by atoms with Crippen molar-refractivity contribution in [3.63, 3.8) is 0 Å². The van der Waals surface area contributed by atoms with Gasteiger partial charge in [0.05, 0.1) is 35.9 Å². The largest absolute Gasteiger partial charge is 0.497 e. The van der Waals surface area contributed by atoms with Crippen molar-refractivity contribution in [1.29, 1.82) is 0 Å². The SMILES string of the molecule is COc1ccc(-n2c(CNc3nc(-c4ccc(C)cc4)cs3)nc3ccccc3c2=O)cc1. The topological polar surface area (TPSA) is 69.0 Å². The first-order chi connectivity index (χ1) is 16.1. The van der Waals surface area contributed by atoms with E-state index in [1.54, 1.807) is 17.7 Å². The highest BCUT2D eigenvalue weighted by atomic mass is 32.1. The zero-order valence-corrected chi connectivity index (χ0v) is 19.1. The molecule has 0 saturated carbocycles. The molecule has 0 amide bonds. The number of hydrogen-bond acceptors (Lipinski definition) is 6. The van der Waals surface area contributed by atoms with E-state index in [0.717, 1.165) is 27.8 Å². The number of ether oxygens (including phenoxy) is 1. The van der Waals surface area contributed by atoms with Gasteiger partial charge >= 0.3 is 0 Å². The summed E-state index contributed by atoms with van der Waals surface area (Å²) >= 11 is 1.53. The molecule has 0 radical (unpaired) electrons. The molecule has 0 unspecified atom stereocenters. The number of hydrogen-bond donors (Lipinski definition) is 1. The Kier molecular flexibility index (Phi) is 5.62. The molecule has 0 fully saturated rings.